The minimum absolute atomic E-state index is 0.0365. The number of phenolic OH excluding ortho intramolecular Hbond substituents is 2. The molecule has 48 heavy (non-hydrogen) atoms. The van der Waals surface area contributed by atoms with E-state index >= 15 is 0 Å². The summed E-state index contributed by atoms with van der Waals surface area (Å²) in [5, 5.41) is 59.5. The van der Waals surface area contributed by atoms with Crippen molar-refractivity contribution in [3.8, 4) is 23.0 Å². The Morgan fingerprint density at radius 1 is 0.625 bits per heavy atom. The molecular formula is C33H26N6O9. The predicted molar refractivity (Wildman–Crippen MR) is 174 cm³/mol. The van der Waals surface area contributed by atoms with Gasteiger partial charge in [0.05, 0.1) is 36.2 Å². The molecule has 0 atom stereocenters. The first kappa shape index (κ1) is 32.6. The Hall–Kier alpha value is -6.77. The van der Waals surface area contributed by atoms with Crippen LogP contribution in [0.1, 0.15) is 24.0 Å². The molecule has 0 unspecified atom stereocenters. The van der Waals surface area contributed by atoms with Crippen molar-refractivity contribution in [2.24, 2.45) is 20.5 Å². The Morgan fingerprint density at radius 2 is 1.02 bits per heavy atom. The number of carbonyl (C=O) groups excluding carboxylic acids is 1. The van der Waals surface area contributed by atoms with Crippen LogP contribution in [0.15, 0.2) is 104 Å². The van der Waals surface area contributed by atoms with Gasteiger partial charge in [-0.05, 0) is 84.7 Å². The number of ether oxygens (including phenoxy) is 2. The van der Waals surface area contributed by atoms with Gasteiger partial charge in [0.25, 0.3) is 11.4 Å². The average molecular weight is 651 g/mol. The van der Waals surface area contributed by atoms with E-state index in [1.54, 1.807) is 24.3 Å². The molecule has 15 nitrogen and oxygen atoms in total. The molecule has 0 aromatic heterocycles. The highest BCUT2D eigenvalue weighted by atomic mass is 16.6. The highest BCUT2D eigenvalue weighted by molar-refractivity contribution is 6.15. The fourth-order valence-corrected chi connectivity index (χ4v) is 4.74. The third-order valence-electron chi connectivity index (χ3n) is 7.22. The minimum Gasteiger partial charge on any atom is -0.506 e. The molecule has 0 amide bonds. The number of allylic oxidation sites excluding steroid dienone is 2. The lowest BCUT2D eigenvalue weighted by Crippen LogP contribution is -1.95. The number of Topliss-reactive ketones (excluding diaryl/α,β-unsaturated/α-hetero) is 1. The van der Waals surface area contributed by atoms with Crippen molar-refractivity contribution in [2.45, 2.75) is 12.8 Å². The first-order valence-electron chi connectivity index (χ1n) is 14.2. The van der Waals surface area contributed by atoms with Gasteiger partial charge in [-0.25, -0.2) is 0 Å². The molecule has 5 rings (SSSR count). The first-order valence-corrected chi connectivity index (χ1v) is 14.2. The van der Waals surface area contributed by atoms with Crippen LogP contribution in [-0.2, 0) is 4.79 Å². The lowest BCUT2D eigenvalue weighted by atomic mass is 10.1. The van der Waals surface area contributed by atoms with Gasteiger partial charge in [0.15, 0.2) is 17.2 Å². The number of nitro groups is 2. The number of hydrogen-bond acceptors (Lipinski definition) is 13. The van der Waals surface area contributed by atoms with Gasteiger partial charge in [-0.3, -0.25) is 25.0 Å². The largest absolute Gasteiger partial charge is 0.506 e. The fourth-order valence-electron chi connectivity index (χ4n) is 4.74. The van der Waals surface area contributed by atoms with Crippen LogP contribution in [-0.4, -0.2) is 40.1 Å². The van der Waals surface area contributed by atoms with E-state index in [1.807, 2.05) is 0 Å². The van der Waals surface area contributed by atoms with Gasteiger partial charge in [-0.15, -0.1) is 20.5 Å². The van der Waals surface area contributed by atoms with E-state index in [4.69, 9.17) is 9.47 Å². The molecule has 0 radical (unpaired) electrons. The molecule has 0 bridgehead atoms. The van der Waals surface area contributed by atoms with Crippen molar-refractivity contribution in [1.29, 1.82) is 0 Å². The van der Waals surface area contributed by atoms with Crippen LogP contribution >= 0.6 is 0 Å². The highest BCUT2D eigenvalue weighted by Gasteiger charge is 2.23. The number of phenols is 2. The number of rotatable bonds is 10. The van der Waals surface area contributed by atoms with Crippen molar-refractivity contribution in [3.63, 3.8) is 0 Å². The number of benzene rings is 4. The number of nitro benzene ring substituents is 2. The second-order valence-corrected chi connectivity index (χ2v) is 10.3. The van der Waals surface area contributed by atoms with E-state index in [-0.39, 0.29) is 62.9 Å². The summed E-state index contributed by atoms with van der Waals surface area (Å²) >= 11 is 0. The van der Waals surface area contributed by atoms with E-state index in [0.29, 0.717) is 35.1 Å². The van der Waals surface area contributed by atoms with Crippen LogP contribution in [0, 0.1) is 20.2 Å². The SMILES string of the molecule is COc1ccc(N=Nc2cc(/C=C3/CC/C(=C\c4ccc(O)c(N=Nc5ccc(OC)cc5[N+](=O)[O-])c4)C3=O)ccc2O)c([N+](=O)[O-])c1. The molecule has 15 heteroatoms. The van der Waals surface area contributed by atoms with Crippen LogP contribution < -0.4 is 9.47 Å². The number of aromatic hydroxyl groups is 2. The van der Waals surface area contributed by atoms with Gasteiger partial charge < -0.3 is 19.7 Å². The molecule has 0 aliphatic heterocycles. The fraction of sp³-hybridized carbons (Fsp3) is 0.121. The van der Waals surface area contributed by atoms with E-state index in [9.17, 15) is 35.2 Å². The molecule has 2 N–H and O–H groups in total. The van der Waals surface area contributed by atoms with Crippen LogP contribution in [0.4, 0.5) is 34.1 Å². The Kier molecular flexibility index (Phi) is 9.59. The van der Waals surface area contributed by atoms with Crippen molar-refractivity contribution >= 4 is 52.1 Å². The molecule has 0 spiro atoms. The minimum atomic E-state index is -0.617. The Labute approximate surface area is 272 Å². The van der Waals surface area contributed by atoms with Crippen LogP contribution in [0.3, 0.4) is 0 Å². The van der Waals surface area contributed by atoms with Gasteiger partial charge in [-0.1, -0.05) is 12.1 Å². The zero-order valence-electron chi connectivity index (χ0n) is 25.4. The van der Waals surface area contributed by atoms with Gasteiger partial charge >= 0.3 is 0 Å². The standard InChI is InChI=1S/C33H26N6O9/c1-47-23-7-9-25(29(17-23)38(43)44)34-36-27-15-19(3-11-31(27)40)13-21-5-6-22(33(21)42)14-20-4-12-32(41)28(16-20)37-35-26-10-8-24(48-2)18-30(26)39(45)46/h3-4,7-18,40-41H,5-6H2,1-2H3/b21-13-,22-14+,36-34?,37-35?. The number of azo groups is 2. The molecule has 1 fully saturated rings. The summed E-state index contributed by atoms with van der Waals surface area (Å²) in [7, 11) is 2.76. The normalized spacial score (nSPS) is 14.8. The smallest absolute Gasteiger partial charge is 0.300 e. The molecule has 1 saturated carbocycles. The highest BCUT2D eigenvalue weighted by Crippen LogP contribution is 2.38. The third kappa shape index (κ3) is 7.37. The van der Waals surface area contributed by atoms with E-state index < -0.39 is 9.85 Å². The van der Waals surface area contributed by atoms with Crippen LogP contribution in [0.5, 0.6) is 23.0 Å². The second-order valence-electron chi connectivity index (χ2n) is 10.3. The van der Waals surface area contributed by atoms with Crippen LogP contribution in [0.25, 0.3) is 12.2 Å². The topological polar surface area (TPSA) is 212 Å². The number of ketones is 1. The molecular weight excluding hydrogens is 624 g/mol. The molecule has 1 aliphatic rings. The molecule has 0 heterocycles. The average Bonchev–Trinajstić information content (AvgIpc) is 3.42. The first-order chi connectivity index (χ1) is 23.1. The van der Waals surface area contributed by atoms with Gasteiger partial charge in [0.2, 0.25) is 0 Å². The Balaban J connectivity index is 1.36. The summed E-state index contributed by atoms with van der Waals surface area (Å²) in [6.45, 7) is 0. The van der Waals surface area contributed by atoms with Gasteiger partial charge in [0.1, 0.15) is 34.4 Å². The maximum atomic E-state index is 13.3. The number of nitrogens with zero attached hydrogens (tertiary/aromatic N) is 6. The lowest BCUT2D eigenvalue weighted by molar-refractivity contribution is -0.384. The third-order valence-corrected chi connectivity index (χ3v) is 7.22. The summed E-state index contributed by atoms with van der Waals surface area (Å²) in [5.74, 6) is -0.0675. The molecule has 4 aromatic carbocycles. The number of hydrogen-bond donors (Lipinski definition) is 2. The lowest BCUT2D eigenvalue weighted by Gasteiger charge is -2.03. The number of carbonyl (C=O) groups is 1. The van der Waals surface area contributed by atoms with Gasteiger partial charge in [-0.2, -0.15) is 0 Å². The monoisotopic (exact) mass is 650 g/mol. The molecule has 242 valence electrons. The maximum Gasteiger partial charge on any atom is 0.300 e. The Bertz CT molecular complexity index is 1930. The summed E-state index contributed by atoms with van der Waals surface area (Å²) in [6.07, 6.45) is 4.20. The van der Waals surface area contributed by atoms with Crippen molar-refractivity contribution in [2.75, 3.05) is 14.2 Å². The van der Waals surface area contributed by atoms with E-state index in [0.717, 1.165) is 0 Å². The quantitative estimate of drug-likeness (QED) is 0.0726. The van der Waals surface area contributed by atoms with Crippen LogP contribution in [0.2, 0.25) is 0 Å². The maximum absolute atomic E-state index is 13.3. The zero-order valence-corrected chi connectivity index (χ0v) is 25.4. The van der Waals surface area contributed by atoms with Crippen molar-refractivity contribution < 1.29 is 34.3 Å². The van der Waals surface area contributed by atoms with E-state index in [2.05, 4.69) is 20.5 Å². The summed E-state index contributed by atoms with van der Waals surface area (Å²) < 4.78 is 10.1. The molecule has 0 saturated heterocycles. The zero-order chi connectivity index (χ0) is 34.4. The predicted octanol–water partition coefficient (Wildman–Crippen LogP) is 8.59. The summed E-state index contributed by atoms with van der Waals surface area (Å²) in [4.78, 5) is 35.0. The van der Waals surface area contributed by atoms with Gasteiger partial charge in [0, 0.05) is 11.1 Å². The molecule has 1 aliphatic carbocycles. The van der Waals surface area contributed by atoms with Crippen molar-refractivity contribution in [1.82, 2.24) is 0 Å². The van der Waals surface area contributed by atoms with E-state index in [1.165, 1.54) is 74.9 Å². The second kappa shape index (κ2) is 14.1. The summed E-state index contributed by atoms with van der Waals surface area (Å²) in [6, 6.07) is 17.1. The van der Waals surface area contributed by atoms with Crippen molar-refractivity contribution in [3.05, 3.63) is 115 Å². The molecule has 4 aromatic rings. The number of methoxy groups -OCH3 is 2. The summed E-state index contributed by atoms with van der Waals surface area (Å²) in [5.41, 5.74) is 1.48. The Morgan fingerprint density at radius 3 is 1.40 bits per heavy atom.